The molecule has 3 aromatic rings. The smallest absolute Gasteiger partial charge is 0.337 e. The quantitative estimate of drug-likeness (QED) is 0.480. The van der Waals surface area contributed by atoms with Crippen molar-refractivity contribution in [1.82, 2.24) is 9.97 Å². The molecule has 0 aliphatic carbocycles. The molecule has 10 heteroatoms. The molecule has 3 N–H and O–H groups in total. The number of hydrogen-bond acceptors (Lipinski definition) is 7. The van der Waals surface area contributed by atoms with Crippen LogP contribution in [-0.2, 0) is 0 Å². The first-order valence-corrected chi connectivity index (χ1v) is 11.2. The maximum absolute atomic E-state index is 14.2. The standard InChI is InChI=1S/C25H25F2N5O3/c1-14-9-18(15(2)29-19-6-4-3-5-17(19)24(34)35)22-20(10-14)30-21(11-28)23(31-22)32-8-7-25(26,27)16(12-32)13-33/h3-6,9-10,15-16,29,33H,7-8,12-13H2,1-2H3,(H,34,35)/t15-,16?/m1/s1. The first kappa shape index (κ1) is 24.3. The molecular formula is C25H25F2N5O3. The molecule has 1 aliphatic rings. The molecule has 2 heterocycles. The second kappa shape index (κ2) is 9.43. The molecule has 8 nitrogen and oxygen atoms in total. The number of rotatable bonds is 6. The minimum atomic E-state index is -3.00. The van der Waals surface area contributed by atoms with Crippen LogP contribution in [-0.4, -0.2) is 51.8 Å². The number of nitrogens with zero attached hydrogens (tertiary/aromatic N) is 4. The minimum absolute atomic E-state index is 0.0211. The van der Waals surface area contributed by atoms with Gasteiger partial charge in [-0.2, -0.15) is 5.26 Å². The van der Waals surface area contributed by atoms with Crippen molar-refractivity contribution in [3.8, 4) is 6.07 Å². The van der Waals surface area contributed by atoms with Crippen LogP contribution in [0.1, 0.15) is 46.6 Å². The van der Waals surface area contributed by atoms with Gasteiger partial charge >= 0.3 is 5.97 Å². The highest BCUT2D eigenvalue weighted by Gasteiger charge is 2.44. The molecule has 1 aliphatic heterocycles. The zero-order valence-electron chi connectivity index (χ0n) is 19.3. The molecule has 0 amide bonds. The molecular weight excluding hydrogens is 456 g/mol. The second-order valence-corrected chi connectivity index (χ2v) is 8.78. The summed E-state index contributed by atoms with van der Waals surface area (Å²) in [5.41, 5.74) is 3.13. The van der Waals surface area contributed by atoms with E-state index < -0.39 is 30.8 Å². The van der Waals surface area contributed by atoms with Gasteiger partial charge in [-0.25, -0.2) is 23.5 Å². The Bertz CT molecular complexity index is 1320. The highest BCUT2D eigenvalue weighted by molar-refractivity contribution is 5.94. The Morgan fingerprint density at radius 2 is 2.09 bits per heavy atom. The van der Waals surface area contributed by atoms with Crippen molar-refractivity contribution in [2.24, 2.45) is 5.92 Å². The number of piperidine rings is 1. The number of hydrogen-bond donors (Lipinski definition) is 3. The van der Waals surface area contributed by atoms with E-state index in [1.54, 1.807) is 29.2 Å². The second-order valence-electron chi connectivity index (χ2n) is 8.78. The number of carboxylic acid groups (broad SMARTS) is 1. The third kappa shape index (κ3) is 4.72. The van der Waals surface area contributed by atoms with Gasteiger partial charge in [0.05, 0.1) is 35.2 Å². The van der Waals surface area contributed by atoms with Crippen LogP contribution in [0.3, 0.4) is 0 Å². The number of nitrogens with one attached hydrogen (secondary N) is 1. The number of anilines is 2. The summed E-state index contributed by atoms with van der Waals surface area (Å²) in [6, 6.07) is 11.9. The maximum atomic E-state index is 14.2. The summed E-state index contributed by atoms with van der Waals surface area (Å²) in [6.45, 7) is 2.87. The van der Waals surface area contributed by atoms with Crippen LogP contribution in [0.15, 0.2) is 36.4 Å². The average molecular weight is 482 g/mol. The average Bonchev–Trinajstić information content (AvgIpc) is 2.82. The predicted molar refractivity (Wildman–Crippen MR) is 127 cm³/mol. The fraction of sp³-hybridized carbons (Fsp3) is 0.360. The number of aliphatic hydroxyl groups is 1. The van der Waals surface area contributed by atoms with Crippen molar-refractivity contribution in [3.63, 3.8) is 0 Å². The fourth-order valence-corrected chi connectivity index (χ4v) is 4.42. The highest BCUT2D eigenvalue weighted by atomic mass is 19.3. The Kier molecular flexibility index (Phi) is 6.54. The first-order chi connectivity index (χ1) is 16.6. The number of nitriles is 1. The van der Waals surface area contributed by atoms with Crippen molar-refractivity contribution < 1.29 is 23.8 Å². The van der Waals surface area contributed by atoms with Crippen LogP contribution >= 0.6 is 0 Å². The molecule has 1 unspecified atom stereocenters. The number of carbonyl (C=O) groups is 1. The van der Waals surface area contributed by atoms with Crippen molar-refractivity contribution in [3.05, 3.63) is 58.8 Å². The van der Waals surface area contributed by atoms with Crippen LogP contribution in [0.25, 0.3) is 11.0 Å². The van der Waals surface area contributed by atoms with Crippen LogP contribution < -0.4 is 10.2 Å². The van der Waals surface area contributed by atoms with E-state index in [0.717, 1.165) is 11.1 Å². The van der Waals surface area contributed by atoms with E-state index in [-0.39, 0.29) is 36.2 Å². The summed E-state index contributed by atoms with van der Waals surface area (Å²) in [6.07, 6.45) is -0.465. The van der Waals surface area contributed by atoms with Crippen LogP contribution in [0.5, 0.6) is 0 Å². The van der Waals surface area contributed by atoms with Gasteiger partial charge < -0.3 is 20.4 Å². The Labute approximate surface area is 200 Å². The Hall–Kier alpha value is -3.84. The predicted octanol–water partition coefficient (Wildman–Crippen LogP) is 4.14. The number of aromatic carboxylic acids is 1. The molecule has 0 spiro atoms. The number of benzene rings is 2. The third-order valence-electron chi connectivity index (χ3n) is 6.30. The molecule has 0 saturated carbocycles. The summed E-state index contributed by atoms with van der Waals surface area (Å²) in [7, 11) is 0. The topological polar surface area (TPSA) is 122 Å². The van der Waals surface area contributed by atoms with Gasteiger partial charge in [0.15, 0.2) is 11.5 Å². The molecule has 4 rings (SSSR count). The van der Waals surface area contributed by atoms with Gasteiger partial charge in [-0.05, 0) is 37.6 Å². The fourth-order valence-electron chi connectivity index (χ4n) is 4.42. The normalized spacial score (nSPS) is 18.2. The van der Waals surface area contributed by atoms with Gasteiger partial charge in [0, 0.05) is 30.8 Å². The lowest BCUT2D eigenvalue weighted by Gasteiger charge is -2.38. The Morgan fingerprint density at radius 1 is 1.34 bits per heavy atom. The lowest BCUT2D eigenvalue weighted by atomic mass is 9.94. The zero-order valence-corrected chi connectivity index (χ0v) is 19.3. The van der Waals surface area contributed by atoms with Gasteiger partial charge in [0.25, 0.3) is 5.92 Å². The number of para-hydroxylation sites is 1. The molecule has 2 atom stereocenters. The molecule has 0 bridgehead atoms. The minimum Gasteiger partial charge on any atom is -0.478 e. The highest BCUT2D eigenvalue weighted by Crippen LogP contribution is 2.36. The lowest BCUT2D eigenvalue weighted by molar-refractivity contribution is -0.0880. The largest absolute Gasteiger partial charge is 0.478 e. The van der Waals surface area contributed by atoms with Crippen molar-refractivity contribution in [2.75, 3.05) is 29.9 Å². The Balaban J connectivity index is 1.78. The number of carboxylic acids is 1. The molecule has 0 radical (unpaired) electrons. The number of aliphatic hydroxyl groups excluding tert-OH is 1. The summed E-state index contributed by atoms with van der Waals surface area (Å²) in [4.78, 5) is 22.4. The van der Waals surface area contributed by atoms with Gasteiger partial charge in [0.2, 0.25) is 0 Å². The Morgan fingerprint density at radius 3 is 2.77 bits per heavy atom. The summed E-state index contributed by atoms with van der Waals surface area (Å²) in [5, 5.41) is 31.9. The maximum Gasteiger partial charge on any atom is 0.337 e. The molecule has 1 fully saturated rings. The van der Waals surface area contributed by atoms with Crippen LogP contribution in [0.4, 0.5) is 20.3 Å². The van der Waals surface area contributed by atoms with E-state index >= 15 is 0 Å². The van der Waals surface area contributed by atoms with E-state index in [1.807, 2.05) is 26.0 Å². The van der Waals surface area contributed by atoms with E-state index in [9.17, 15) is 29.1 Å². The zero-order chi connectivity index (χ0) is 25.3. The summed E-state index contributed by atoms with van der Waals surface area (Å²) >= 11 is 0. The van der Waals surface area contributed by atoms with E-state index in [4.69, 9.17) is 4.98 Å². The molecule has 1 saturated heterocycles. The number of aryl methyl sites for hydroxylation is 1. The summed E-state index contributed by atoms with van der Waals surface area (Å²) < 4.78 is 28.3. The number of alkyl halides is 2. The van der Waals surface area contributed by atoms with Gasteiger partial charge in [-0.3, -0.25) is 0 Å². The monoisotopic (exact) mass is 481 g/mol. The van der Waals surface area contributed by atoms with Gasteiger partial charge in [-0.1, -0.05) is 18.2 Å². The van der Waals surface area contributed by atoms with E-state index in [2.05, 4.69) is 10.3 Å². The van der Waals surface area contributed by atoms with Crippen molar-refractivity contribution in [1.29, 1.82) is 5.26 Å². The van der Waals surface area contributed by atoms with Crippen molar-refractivity contribution in [2.45, 2.75) is 32.2 Å². The molecule has 2 aromatic carbocycles. The van der Waals surface area contributed by atoms with Crippen molar-refractivity contribution >= 4 is 28.5 Å². The third-order valence-corrected chi connectivity index (χ3v) is 6.30. The van der Waals surface area contributed by atoms with Crippen LogP contribution in [0, 0.1) is 24.2 Å². The number of halogens is 2. The number of fused-ring (bicyclic) bond motifs is 1. The molecule has 35 heavy (non-hydrogen) atoms. The van der Waals surface area contributed by atoms with Gasteiger partial charge in [0.1, 0.15) is 6.07 Å². The van der Waals surface area contributed by atoms with E-state index in [0.29, 0.717) is 16.7 Å². The molecule has 1 aromatic heterocycles. The van der Waals surface area contributed by atoms with Crippen LogP contribution in [0.2, 0.25) is 0 Å². The molecule has 182 valence electrons. The first-order valence-electron chi connectivity index (χ1n) is 11.2. The van der Waals surface area contributed by atoms with E-state index in [1.165, 1.54) is 6.07 Å². The number of aromatic nitrogens is 2. The van der Waals surface area contributed by atoms with Gasteiger partial charge in [-0.15, -0.1) is 0 Å². The SMILES string of the molecule is Cc1cc([C@@H](C)Nc2ccccc2C(=O)O)c2nc(N3CCC(F)(F)C(CO)C3)c(C#N)nc2c1. The lowest BCUT2D eigenvalue weighted by Crippen LogP contribution is -2.49. The summed E-state index contributed by atoms with van der Waals surface area (Å²) in [5.74, 6) is -5.14.